The lowest BCUT2D eigenvalue weighted by atomic mass is 10.2. The monoisotopic (exact) mass is 296 g/mol. The van der Waals surface area contributed by atoms with Gasteiger partial charge in [-0.3, -0.25) is 4.79 Å². The highest BCUT2D eigenvalue weighted by molar-refractivity contribution is 5.98. The molecular formula is C18H17FN2O. The molecule has 4 heteroatoms. The lowest BCUT2D eigenvalue weighted by molar-refractivity contribution is 0.0776. The summed E-state index contributed by atoms with van der Waals surface area (Å²) in [5, 5.41) is 0.474. The van der Waals surface area contributed by atoms with Crippen LogP contribution >= 0.6 is 0 Å². The highest BCUT2D eigenvalue weighted by atomic mass is 19.1. The number of rotatable bonds is 3. The molecule has 0 aliphatic rings. The Morgan fingerprint density at radius 2 is 1.86 bits per heavy atom. The number of halogens is 1. The quantitative estimate of drug-likeness (QED) is 0.725. The van der Waals surface area contributed by atoms with Gasteiger partial charge in [-0.1, -0.05) is 36.4 Å². The molecule has 0 bridgehead atoms. The van der Waals surface area contributed by atoms with Gasteiger partial charge >= 0.3 is 0 Å². The van der Waals surface area contributed by atoms with E-state index in [1.165, 1.54) is 6.07 Å². The average Bonchev–Trinajstić information content (AvgIpc) is 2.86. The van der Waals surface area contributed by atoms with Crippen LogP contribution in [0.3, 0.4) is 0 Å². The van der Waals surface area contributed by atoms with Crippen LogP contribution in [0.15, 0.2) is 54.6 Å². The first-order chi connectivity index (χ1) is 10.6. The zero-order chi connectivity index (χ0) is 15.7. The van der Waals surface area contributed by atoms with Crippen LogP contribution in [0.4, 0.5) is 4.39 Å². The summed E-state index contributed by atoms with van der Waals surface area (Å²) in [7, 11) is 3.54. The minimum absolute atomic E-state index is 0.123. The molecule has 0 saturated heterocycles. The standard InChI is InChI=1S/C18H17FN2O/c1-20(12-13-7-4-3-5-8-13)18(22)17-11-14-15(19)9-6-10-16(14)21(17)2/h3-11H,12H2,1-2H3. The van der Waals surface area contributed by atoms with Crippen molar-refractivity contribution in [3.63, 3.8) is 0 Å². The molecule has 0 N–H and O–H groups in total. The highest BCUT2D eigenvalue weighted by Crippen LogP contribution is 2.22. The van der Waals surface area contributed by atoms with Crippen LogP contribution in [-0.2, 0) is 13.6 Å². The summed E-state index contributed by atoms with van der Waals surface area (Å²) in [4.78, 5) is 14.3. The molecule has 1 heterocycles. The molecule has 1 amide bonds. The summed E-state index contributed by atoms with van der Waals surface area (Å²) in [6.07, 6.45) is 0. The van der Waals surface area contributed by atoms with Crippen molar-refractivity contribution in [1.82, 2.24) is 9.47 Å². The van der Waals surface area contributed by atoms with Gasteiger partial charge in [-0.2, -0.15) is 0 Å². The first-order valence-electron chi connectivity index (χ1n) is 7.11. The topological polar surface area (TPSA) is 25.2 Å². The number of fused-ring (bicyclic) bond motifs is 1. The largest absolute Gasteiger partial charge is 0.340 e. The molecule has 0 atom stereocenters. The molecule has 0 spiro atoms. The minimum atomic E-state index is -0.308. The van der Waals surface area contributed by atoms with Crippen LogP contribution in [0.1, 0.15) is 16.1 Å². The van der Waals surface area contributed by atoms with Crippen molar-refractivity contribution >= 4 is 16.8 Å². The van der Waals surface area contributed by atoms with Crippen LogP contribution in [0.5, 0.6) is 0 Å². The van der Waals surface area contributed by atoms with E-state index < -0.39 is 0 Å². The number of aryl methyl sites for hydroxylation is 1. The Bertz CT molecular complexity index is 824. The first kappa shape index (κ1) is 14.3. The van der Waals surface area contributed by atoms with Gasteiger partial charge in [-0.15, -0.1) is 0 Å². The fourth-order valence-electron chi connectivity index (χ4n) is 2.65. The molecule has 22 heavy (non-hydrogen) atoms. The van der Waals surface area contributed by atoms with Gasteiger partial charge in [0, 0.05) is 26.0 Å². The van der Waals surface area contributed by atoms with E-state index in [-0.39, 0.29) is 11.7 Å². The number of hydrogen-bond acceptors (Lipinski definition) is 1. The molecule has 0 saturated carbocycles. The van der Waals surface area contributed by atoms with Gasteiger partial charge in [0.05, 0.1) is 5.52 Å². The van der Waals surface area contributed by atoms with Crippen LogP contribution in [-0.4, -0.2) is 22.4 Å². The van der Waals surface area contributed by atoms with E-state index in [0.717, 1.165) is 11.1 Å². The second kappa shape index (κ2) is 5.64. The van der Waals surface area contributed by atoms with E-state index in [0.29, 0.717) is 17.6 Å². The number of aromatic nitrogens is 1. The molecular weight excluding hydrogens is 279 g/mol. The number of nitrogens with zero attached hydrogens (tertiary/aromatic N) is 2. The maximum atomic E-state index is 13.9. The Hall–Kier alpha value is -2.62. The molecule has 0 unspecified atom stereocenters. The number of benzene rings is 2. The molecule has 3 nitrogen and oxygen atoms in total. The SMILES string of the molecule is CN(Cc1ccccc1)C(=O)c1cc2c(F)cccc2n1C. The van der Waals surface area contributed by atoms with E-state index in [9.17, 15) is 9.18 Å². The Balaban J connectivity index is 1.92. The first-order valence-corrected chi connectivity index (χ1v) is 7.11. The third-order valence-corrected chi connectivity index (χ3v) is 3.86. The van der Waals surface area contributed by atoms with Crippen LogP contribution in [0, 0.1) is 5.82 Å². The molecule has 1 aromatic heterocycles. The third-order valence-electron chi connectivity index (χ3n) is 3.86. The van der Waals surface area contributed by atoms with E-state index in [1.54, 1.807) is 35.7 Å². The molecule has 3 aromatic rings. The lowest BCUT2D eigenvalue weighted by Gasteiger charge is -2.17. The maximum absolute atomic E-state index is 13.9. The summed E-state index contributed by atoms with van der Waals surface area (Å²) >= 11 is 0. The zero-order valence-electron chi connectivity index (χ0n) is 12.6. The molecule has 112 valence electrons. The Labute approximate surface area is 128 Å². The predicted molar refractivity (Wildman–Crippen MR) is 85.1 cm³/mol. The van der Waals surface area contributed by atoms with Crippen LogP contribution in [0.25, 0.3) is 10.9 Å². The van der Waals surface area contributed by atoms with E-state index in [2.05, 4.69) is 0 Å². The van der Waals surface area contributed by atoms with Crippen LogP contribution in [0.2, 0.25) is 0 Å². The second-order valence-electron chi connectivity index (χ2n) is 5.41. The molecule has 0 fully saturated rings. The number of amides is 1. The smallest absolute Gasteiger partial charge is 0.270 e. The average molecular weight is 296 g/mol. The minimum Gasteiger partial charge on any atom is -0.340 e. The van der Waals surface area contributed by atoms with Gasteiger partial charge in [0.1, 0.15) is 11.5 Å². The van der Waals surface area contributed by atoms with Crippen molar-refractivity contribution in [3.05, 3.63) is 71.7 Å². The summed E-state index contributed by atoms with van der Waals surface area (Å²) in [6.45, 7) is 0.518. The van der Waals surface area contributed by atoms with Crippen LogP contribution < -0.4 is 0 Å². The molecule has 0 aliphatic heterocycles. The van der Waals surface area contributed by atoms with Crippen molar-refractivity contribution < 1.29 is 9.18 Å². The summed E-state index contributed by atoms with van der Waals surface area (Å²) in [5.41, 5.74) is 2.26. The van der Waals surface area contributed by atoms with Gasteiger partial charge in [-0.05, 0) is 23.8 Å². The van der Waals surface area contributed by atoms with Crippen molar-refractivity contribution in [2.45, 2.75) is 6.54 Å². The number of hydrogen-bond donors (Lipinski definition) is 0. The van der Waals surface area contributed by atoms with Crippen molar-refractivity contribution in [2.24, 2.45) is 7.05 Å². The summed E-state index contributed by atoms with van der Waals surface area (Å²) in [6, 6.07) is 16.3. The Kier molecular flexibility index (Phi) is 3.67. The number of carbonyl (C=O) groups is 1. The summed E-state index contributed by atoms with van der Waals surface area (Å²) < 4.78 is 15.6. The van der Waals surface area contributed by atoms with E-state index in [1.807, 2.05) is 36.4 Å². The van der Waals surface area contributed by atoms with E-state index >= 15 is 0 Å². The molecule has 2 aromatic carbocycles. The summed E-state index contributed by atoms with van der Waals surface area (Å²) in [5.74, 6) is -0.431. The lowest BCUT2D eigenvalue weighted by Crippen LogP contribution is -2.27. The fraction of sp³-hybridized carbons (Fsp3) is 0.167. The number of carbonyl (C=O) groups excluding carboxylic acids is 1. The predicted octanol–water partition coefficient (Wildman–Crippen LogP) is 3.59. The molecule has 0 radical (unpaired) electrons. The normalized spacial score (nSPS) is 10.9. The third kappa shape index (κ3) is 2.48. The Morgan fingerprint density at radius 3 is 2.55 bits per heavy atom. The second-order valence-corrected chi connectivity index (χ2v) is 5.41. The Morgan fingerprint density at radius 1 is 1.14 bits per heavy atom. The highest BCUT2D eigenvalue weighted by Gasteiger charge is 2.18. The van der Waals surface area contributed by atoms with Gasteiger partial charge in [-0.25, -0.2) is 4.39 Å². The van der Waals surface area contributed by atoms with Crippen molar-refractivity contribution in [2.75, 3.05) is 7.05 Å². The van der Waals surface area contributed by atoms with Gasteiger partial charge in [0.15, 0.2) is 0 Å². The fourth-order valence-corrected chi connectivity index (χ4v) is 2.65. The molecule has 3 rings (SSSR count). The zero-order valence-corrected chi connectivity index (χ0v) is 12.6. The van der Waals surface area contributed by atoms with Gasteiger partial charge < -0.3 is 9.47 Å². The van der Waals surface area contributed by atoms with Crippen molar-refractivity contribution in [1.29, 1.82) is 0 Å². The van der Waals surface area contributed by atoms with Gasteiger partial charge in [0.25, 0.3) is 5.91 Å². The molecule has 0 aliphatic carbocycles. The van der Waals surface area contributed by atoms with Crippen molar-refractivity contribution in [3.8, 4) is 0 Å². The maximum Gasteiger partial charge on any atom is 0.270 e. The van der Waals surface area contributed by atoms with Gasteiger partial charge in [0.2, 0.25) is 0 Å². The van der Waals surface area contributed by atoms with E-state index in [4.69, 9.17) is 0 Å².